The lowest BCUT2D eigenvalue weighted by Crippen LogP contribution is -2.41. The van der Waals surface area contributed by atoms with Crippen LogP contribution in [-0.2, 0) is 0 Å². The first-order valence-electron chi connectivity index (χ1n) is 9.62. The normalized spacial score (nSPS) is 24.5. The quantitative estimate of drug-likeness (QED) is 0.785. The second-order valence-corrected chi connectivity index (χ2v) is 9.56. The van der Waals surface area contributed by atoms with E-state index in [1.54, 1.807) is 6.20 Å². The summed E-state index contributed by atoms with van der Waals surface area (Å²) in [5.74, 6) is 3.02. The lowest BCUT2D eigenvalue weighted by molar-refractivity contribution is 0.159. The number of rotatable bonds is 3. The minimum Gasteiger partial charge on any atom is -0.382 e. The summed E-state index contributed by atoms with van der Waals surface area (Å²) in [7, 11) is 0. The van der Waals surface area contributed by atoms with Crippen molar-refractivity contribution >= 4 is 35.0 Å². The van der Waals surface area contributed by atoms with E-state index in [0.717, 1.165) is 40.7 Å². The first kappa shape index (κ1) is 18.8. The van der Waals surface area contributed by atoms with Gasteiger partial charge in [0, 0.05) is 24.2 Å². The van der Waals surface area contributed by atoms with Crippen molar-refractivity contribution in [1.82, 2.24) is 15.0 Å². The number of nitrogens with zero attached hydrogens (tertiary/aromatic N) is 4. The highest BCUT2D eigenvalue weighted by Crippen LogP contribution is 2.52. The number of nitrogens with two attached hydrogens (primary N) is 1. The van der Waals surface area contributed by atoms with Crippen LogP contribution in [0.1, 0.15) is 39.5 Å². The Morgan fingerprint density at radius 2 is 1.96 bits per heavy atom. The summed E-state index contributed by atoms with van der Waals surface area (Å²) in [6.45, 7) is 7.00. The molecular formula is C20H26ClN5S. The van der Waals surface area contributed by atoms with E-state index in [4.69, 9.17) is 17.3 Å². The molecule has 0 aromatic carbocycles. The van der Waals surface area contributed by atoms with Gasteiger partial charge in [-0.15, -0.1) is 0 Å². The van der Waals surface area contributed by atoms with Gasteiger partial charge in [-0.3, -0.25) is 0 Å². The summed E-state index contributed by atoms with van der Waals surface area (Å²) in [6, 6.07) is 1.84. The molecule has 2 aromatic heterocycles. The Labute approximate surface area is 170 Å². The molecule has 1 saturated heterocycles. The molecule has 0 radical (unpaired) electrons. The molecule has 0 bridgehead atoms. The fourth-order valence-electron chi connectivity index (χ4n) is 4.87. The van der Waals surface area contributed by atoms with E-state index in [0.29, 0.717) is 16.3 Å². The molecule has 4 rings (SSSR count). The van der Waals surface area contributed by atoms with Crippen molar-refractivity contribution in [2.75, 3.05) is 23.7 Å². The van der Waals surface area contributed by atoms with Gasteiger partial charge in [-0.05, 0) is 49.0 Å². The maximum absolute atomic E-state index is 6.21. The highest BCUT2D eigenvalue weighted by Gasteiger charge is 2.45. The molecule has 1 aliphatic carbocycles. The highest BCUT2D eigenvalue weighted by molar-refractivity contribution is 7.99. The number of piperidine rings is 1. The van der Waals surface area contributed by atoms with Gasteiger partial charge in [0.15, 0.2) is 0 Å². The van der Waals surface area contributed by atoms with Crippen molar-refractivity contribution in [3.8, 4) is 0 Å². The van der Waals surface area contributed by atoms with Gasteiger partial charge >= 0.3 is 0 Å². The van der Waals surface area contributed by atoms with Crippen molar-refractivity contribution in [2.45, 2.75) is 49.5 Å². The SMILES string of the molecule is C[C@@H]1C[C@@H](C)C2(CCN(c3cnc(Sc4ccnc(N)c4Cl)cn3)CC2)C1. The highest BCUT2D eigenvalue weighted by atomic mass is 35.5. The molecule has 0 unspecified atom stereocenters. The van der Waals surface area contributed by atoms with Gasteiger partial charge in [-0.25, -0.2) is 15.0 Å². The Morgan fingerprint density at radius 1 is 1.19 bits per heavy atom. The number of aromatic nitrogens is 3. The average Bonchev–Trinajstić information content (AvgIpc) is 2.93. The summed E-state index contributed by atoms with van der Waals surface area (Å²) in [4.78, 5) is 16.4. The van der Waals surface area contributed by atoms with Crippen LogP contribution >= 0.6 is 23.4 Å². The Kier molecular flexibility index (Phi) is 5.21. The van der Waals surface area contributed by atoms with Crippen molar-refractivity contribution in [3.05, 3.63) is 29.7 Å². The minimum atomic E-state index is 0.337. The number of pyridine rings is 1. The van der Waals surface area contributed by atoms with E-state index < -0.39 is 0 Å². The van der Waals surface area contributed by atoms with Crippen molar-refractivity contribution in [3.63, 3.8) is 0 Å². The van der Waals surface area contributed by atoms with Crippen LogP contribution in [0.3, 0.4) is 0 Å². The Hall–Kier alpha value is -1.53. The average molecular weight is 404 g/mol. The third-order valence-electron chi connectivity index (χ3n) is 6.35. The number of hydrogen-bond acceptors (Lipinski definition) is 6. The summed E-state index contributed by atoms with van der Waals surface area (Å²) < 4.78 is 0. The third-order valence-corrected chi connectivity index (χ3v) is 7.84. The van der Waals surface area contributed by atoms with Crippen LogP contribution in [0.4, 0.5) is 11.6 Å². The van der Waals surface area contributed by atoms with Crippen molar-refractivity contribution in [2.24, 2.45) is 17.3 Å². The molecular weight excluding hydrogens is 378 g/mol. The molecule has 2 N–H and O–H groups in total. The molecule has 2 aromatic rings. The van der Waals surface area contributed by atoms with E-state index >= 15 is 0 Å². The van der Waals surface area contributed by atoms with Crippen LogP contribution in [-0.4, -0.2) is 28.0 Å². The van der Waals surface area contributed by atoms with Gasteiger partial charge in [0.25, 0.3) is 0 Å². The topological polar surface area (TPSA) is 67.9 Å². The van der Waals surface area contributed by atoms with E-state index in [-0.39, 0.29) is 0 Å². The Balaban J connectivity index is 1.41. The lowest BCUT2D eigenvalue weighted by Gasteiger charge is -2.42. The number of hydrogen-bond donors (Lipinski definition) is 1. The minimum absolute atomic E-state index is 0.337. The fraction of sp³-hybridized carbons (Fsp3) is 0.550. The maximum Gasteiger partial charge on any atom is 0.147 e. The zero-order chi connectivity index (χ0) is 19.0. The molecule has 3 heterocycles. The van der Waals surface area contributed by atoms with E-state index in [2.05, 4.69) is 33.7 Å². The summed E-state index contributed by atoms with van der Waals surface area (Å²) in [5.41, 5.74) is 6.32. The Bertz CT molecular complexity index is 805. The van der Waals surface area contributed by atoms with Crippen LogP contribution in [0.25, 0.3) is 0 Å². The zero-order valence-electron chi connectivity index (χ0n) is 15.9. The van der Waals surface area contributed by atoms with Crippen LogP contribution in [0.2, 0.25) is 5.02 Å². The predicted octanol–water partition coefficient (Wildman–Crippen LogP) is 4.91. The molecule has 2 fully saturated rings. The summed E-state index contributed by atoms with van der Waals surface area (Å²) in [6.07, 6.45) is 10.6. The monoisotopic (exact) mass is 403 g/mol. The van der Waals surface area contributed by atoms with Gasteiger partial charge < -0.3 is 10.6 Å². The maximum atomic E-state index is 6.21. The van der Waals surface area contributed by atoms with E-state index in [9.17, 15) is 0 Å². The van der Waals surface area contributed by atoms with Crippen molar-refractivity contribution in [1.29, 1.82) is 0 Å². The van der Waals surface area contributed by atoms with Gasteiger partial charge in [0.1, 0.15) is 16.7 Å². The molecule has 144 valence electrons. The van der Waals surface area contributed by atoms with Gasteiger partial charge in [-0.1, -0.05) is 37.2 Å². The van der Waals surface area contributed by atoms with Crippen LogP contribution in [0.15, 0.2) is 34.6 Å². The van der Waals surface area contributed by atoms with Crippen LogP contribution < -0.4 is 10.6 Å². The van der Waals surface area contributed by atoms with Gasteiger partial charge in [0.2, 0.25) is 0 Å². The van der Waals surface area contributed by atoms with Gasteiger partial charge in [-0.2, -0.15) is 0 Å². The molecule has 0 amide bonds. The van der Waals surface area contributed by atoms with Gasteiger partial charge in [0.05, 0.1) is 17.4 Å². The molecule has 1 saturated carbocycles. The smallest absolute Gasteiger partial charge is 0.147 e. The molecule has 5 nitrogen and oxygen atoms in total. The Morgan fingerprint density at radius 3 is 2.59 bits per heavy atom. The number of nitrogen functional groups attached to an aromatic ring is 1. The largest absolute Gasteiger partial charge is 0.382 e. The third kappa shape index (κ3) is 3.74. The standard InChI is InChI=1S/C20H26ClN5S/c1-13-9-14(2)20(10-13)4-7-26(8-5-20)16-11-25-17(12-24-16)27-15-3-6-23-19(22)18(15)21/h3,6,11-14H,4-5,7-10H2,1-2H3,(H2,22,23)/t13-,14-/m1/s1. The second kappa shape index (κ2) is 7.47. The summed E-state index contributed by atoms with van der Waals surface area (Å²) >= 11 is 7.67. The molecule has 27 heavy (non-hydrogen) atoms. The molecule has 2 atom stereocenters. The number of halogens is 1. The van der Waals surface area contributed by atoms with Crippen LogP contribution in [0.5, 0.6) is 0 Å². The van der Waals surface area contributed by atoms with E-state index in [1.165, 1.54) is 37.4 Å². The zero-order valence-corrected chi connectivity index (χ0v) is 17.4. The summed E-state index contributed by atoms with van der Waals surface area (Å²) in [5, 5.41) is 1.27. The fourth-order valence-corrected chi connectivity index (χ4v) is 5.86. The molecule has 7 heteroatoms. The van der Waals surface area contributed by atoms with E-state index in [1.807, 2.05) is 18.5 Å². The first-order valence-corrected chi connectivity index (χ1v) is 10.8. The first-order chi connectivity index (χ1) is 13.0. The molecule has 1 spiro atoms. The molecule has 2 aliphatic rings. The van der Waals surface area contributed by atoms with Crippen molar-refractivity contribution < 1.29 is 0 Å². The van der Waals surface area contributed by atoms with Crippen LogP contribution in [0, 0.1) is 17.3 Å². The second-order valence-electron chi connectivity index (χ2n) is 8.12. The lowest BCUT2D eigenvalue weighted by atomic mass is 9.71. The molecule has 1 aliphatic heterocycles. The predicted molar refractivity (Wildman–Crippen MR) is 111 cm³/mol. The number of anilines is 2.